The molecule has 1 aromatic heterocycles. The van der Waals surface area contributed by atoms with Gasteiger partial charge in [-0.2, -0.15) is 0 Å². The Morgan fingerprint density at radius 3 is 2.58 bits per heavy atom. The van der Waals surface area contributed by atoms with Crippen molar-refractivity contribution in [3.63, 3.8) is 0 Å². The fourth-order valence-corrected chi connectivity index (χ4v) is 8.60. The Morgan fingerprint density at radius 1 is 1.13 bits per heavy atom. The number of fused-ring (bicyclic) bond motifs is 3. The average molecular weight is 565 g/mol. The van der Waals surface area contributed by atoms with Crippen LogP contribution in [0.2, 0.25) is 5.02 Å². The summed E-state index contributed by atoms with van der Waals surface area (Å²) in [5.41, 5.74) is 1.96. The van der Waals surface area contributed by atoms with Crippen LogP contribution < -0.4 is 9.64 Å². The molecule has 0 saturated carbocycles. The number of methoxy groups -OCH3 is 1. The van der Waals surface area contributed by atoms with Crippen molar-refractivity contribution in [3.05, 3.63) is 88.7 Å². The first-order chi connectivity index (χ1) is 18.3. The number of carbonyl (C=O) groups excluding carboxylic acids is 2. The molecule has 6 rings (SSSR count). The van der Waals surface area contributed by atoms with Crippen LogP contribution in [0.4, 0.5) is 5.69 Å². The molecule has 3 aliphatic heterocycles. The van der Waals surface area contributed by atoms with Crippen LogP contribution in [0.1, 0.15) is 22.6 Å². The Labute approximate surface area is 235 Å². The second-order valence-corrected chi connectivity index (χ2v) is 12.1. The zero-order chi connectivity index (χ0) is 26.8. The highest BCUT2D eigenvalue weighted by Crippen LogP contribution is 2.66. The largest absolute Gasteiger partial charge is 0.497 e. The lowest BCUT2D eigenvalue weighted by molar-refractivity contribution is -0.139. The van der Waals surface area contributed by atoms with Crippen molar-refractivity contribution in [2.45, 2.75) is 22.7 Å². The van der Waals surface area contributed by atoms with E-state index < -0.39 is 10.3 Å². The maximum atomic E-state index is 14.8. The van der Waals surface area contributed by atoms with Crippen LogP contribution in [0.25, 0.3) is 0 Å². The summed E-state index contributed by atoms with van der Waals surface area (Å²) in [4.78, 5) is 38.9. The van der Waals surface area contributed by atoms with Gasteiger partial charge in [0.15, 0.2) is 5.54 Å². The molecular weight excluding hydrogens is 540 g/mol. The molecular formula is C28H25ClN4O3S2. The van der Waals surface area contributed by atoms with Crippen molar-refractivity contribution in [2.75, 3.05) is 32.6 Å². The Morgan fingerprint density at radius 2 is 1.89 bits per heavy atom. The minimum atomic E-state index is -1.30. The van der Waals surface area contributed by atoms with Crippen LogP contribution in [0.5, 0.6) is 5.75 Å². The number of nitrogens with zero attached hydrogens (tertiary/aromatic N) is 4. The molecule has 3 aromatic rings. The number of carbonyl (C=O) groups is 2. The minimum Gasteiger partial charge on any atom is -0.497 e. The molecule has 3 aliphatic rings. The lowest BCUT2D eigenvalue weighted by Crippen LogP contribution is -2.62. The van der Waals surface area contributed by atoms with Crippen LogP contribution in [-0.4, -0.2) is 63.4 Å². The smallest absolute Gasteiger partial charge is 0.254 e. The summed E-state index contributed by atoms with van der Waals surface area (Å²) in [5.74, 6) is 0.0329. The second kappa shape index (κ2) is 9.05. The Balaban J connectivity index is 1.56. The first-order valence-corrected chi connectivity index (χ1v) is 13.7. The monoisotopic (exact) mass is 564 g/mol. The highest BCUT2D eigenvalue weighted by atomic mass is 35.5. The van der Waals surface area contributed by atoms with Crippen LogP contribution in [-0.2, 0) is 21.7 Å². The van der Waals surface area contributed by atoms with Crippen molar-refractivity contribution in [1.29, 1.82) is 0 Å². The van der Waals surface area contributed by atoms with Crippen molar-refractivity contribution < 1.29 is 14.3 Å². The van der Waals surface area contributed by atoms with Gasteiger partial charge in [0.2, 0.25) is 5.91 Å². The standard InChI is InChI=1S/C28H25ClN4O3S2/c1-31-16-22(18-5-4-12-30-14-18)28(27(31)21-13-19(29)8-11-23(21)32(2)24(27)34)25(35)33(26(37)38-28)15-17-6-9-20(36-3)10-7-17/h4-14,22H,15-16H2,1-3H3/t22-,27+,28-/m1/s1. The maximum absolute atomic E-state index is 14.8. The SMILES string of the molecule is COc1ccc(CN2C(=O)[C@]3(SC2=S)[C@@H](c2cccnc2)CN(C)[C@@]32C(=O)N(C)c3ccc(Cl)cc32)cc1. The third-order valence-electron chi connectivity index (χ3n) is 8.00. The third-order valence-corrected chi connectivity index (χ3v) is 10.2. The number of thioether (sulfide) groups is 1. The Bertz CT molecular complexity index is 1470. The summed E-state index contributed by atoms with van der Waals surface area (Å²) in [7, 11) is 5.27. The third kappa shape index (κ3) is 3.25. The normalized spacial score (nSPS) is 26.7. The van der Waals surface area contributed by atoms with Crippen LogP contribution in [0.15, 0.2) is 67.0 Å². The van der Waals surface area contributed by atoms with E-state index in [1.165, 1.54) is 11.8 Å². The second-order valence-electron chi connectivity index (χ2n) is 9.80. The zero-order valence-corrected chi connectivity index (χ0v) is 23.4. The zero-order valence-electron chi connectivity index (χ0n) is 21.1. The molecule has 2 amide bonds. The molecule has 7 nitrogen and oxygen atoms in total. The van der Waals surface area contributed by atoms with Gasteiger partial charge in [-0.3, -0.25) is 24.4 Å². The van der Waals surface area contributed by atoms with Gasteiger partial charge in [0.1, 0.15) is 14.8 Å². The predicted octanol–water partition coefficient (Wildman–Crippen LogP) is 4.44. The fourth-order valence-electron chi connectivity index (χ4n) is 6.30. The van der Waals surface area contributed by atoms with Gasteiger partial charge >= 0.3 is 0 Å². The molecule has 4 heterocycles. The number of likely N-dealkylation sites (N-methyl/N-ethyl adjacent to an activating group) is 2. The predicted molar refractivity (Wildman–Crippen MR) is 153 cm³/mol. The van der Waals surface area contributed by atoms with E-state index in [2.05, 4.69) is 4.98 Å². The summed E-state index contributed by atoms with van der Waals surface area (Å²) in [6.07, 6.45) is 3.49. The number of hydrogen-bond acceptors (Lipinski definition) is 7. The molecule has 0 unspecified atom stereocenters. The first-order valence-electron chi connectivity index (χ1n) is 12.1. The van der Waals surface area contributed by atoms with Gasteiger partial charge in [-0.05, 0) is 54.6 Å². The van der Waals surface area contributed by atoms with Gasteiger partial charge in [-0.15, -0.1) is 0 Å². The number of rotatable bonds is 4. The molecule has 2 spiro atoms. The molecule has 2 fully saturated rings. The maximum Gasteiger partial charge on any atom is 0.254 e. The number of aromatic nitrogens is 1. The van der Waals surface area contributed by atoms with E-state index in [4.69, 9.17) is 28.6 Å². The molecule has 0 bridgehead atoms. The molecule has 38 heavy (non-hydrogen) atoms. The number of likely N-dealkylation sites (tertiary alicyclic amines) is 1. The van der Waals surface area contributed by atoms with Gasteiger partial charge in [-0.1, -0.05) is 53.8 Å². The van der Waals surface area contributed by atoms with E-state index >= 15 is 0 Å². The van der Waals surface area contributed by atoms with Gasteiger partial charge < -0.3 is 9.64 Å². The number of hydrogen-bond donors (Lipinski definition) is 0. The van der Waals surface area contributed by atoms with Gasteiger partial charge in [0, 0.05) is 48.2 Å². The number of anilines is 1. The van der Waals surface area contributed by atoms with Crippen LogP contribution >= 0.6 is 35.6 Å². The van der Waals surface area contributed by atoms with E-state index in [1.807, 2.05) is 60.5 Å². The number of ether oxygens (including phenoxy) is 1. The highest BCUT2D eigenvalue weighted by Gasteiger charge is 2.78. The lowest BCUT2D eigenvalue weighted by atomic mass is 9.72. The van der Waals surface area contributed by atoms with Crippen molar-refractivity contribution >= 4 is 57.4 Å². The highest BCUT2D eigenvalue weighted by molar-refractivity contribution is 8.25. The van der Waals surface area contributed by atoms with E-state index in [9.17, 15) is 9.59 Å². The summed E-state index contributed by atoms with van der Waals surface area (Å²) in [6.45, 7) is 0.761. The van der Waals surface area contributed by atoms with Crippen molar-refractivity contribution in [3.8, 4) is 5.75 Å². The number of thiocarbonyl (C=S) groups is 1. The van der Waals surface area contributed by atoms with Crippen LogP contribution in [0, 0.1) is 0 Å². The van der Waals surface area contributed by atoms with E-state index in [-0.39, 0.29) is 17.7 Å². The van der Waals surface area contributed by atoms with E-state index in [0.717, 1.165) is 28.1 Å². The molecule has 0 radical (unpaired) electrons. The average Bonchev–Trinajstić information content (AvgIpc) is 3.43. The number of benzene rings is 2. The molecule has 0 aliphatic carbocycles. The number of amides is 2. The number of halogens is 1. The van der Waals surface area contributed by atoms with Crippen LogP contribution in [0.3, 0.4) is 0 Å². The minimum absolute atomic E-state index is 0.168. The first kappa shape index (κ1) is 25.3. The molecule has 3 atom stereocenters. The summed E-state index contributed by atoms with van der Waals surface area (Å²) in [5, 5.41) is 0.507. The van der Waals surface area contributed by atoms with E-state index in [0.29, 0.717) is 22.4 Å². The molecule has 2 aromatic carbocycles. The molecule has 10 heteroatoms. The molecule has 2 saturated heterocycles. The van der Waals surface area contributed by atoms with E-state index in [1.54, 1.807) is 42.4 Å². The van der Waals surface area contributed by atoms with Crippen molar-refractivity contribution in [2.24, 2.45) is 0 Å². The summed E-state index contributed by atoms with van der Waals surface area (Å²) in [6, 6.07) is 16.8. The quantitative estimate of drug-likeness (QED) is 0.434. The molecule has 194 valence electrons. The van der Waals surface area contributed by atoms with Gasteiger partial charge in [0.05, 0.1) is 13.7 Å². The molecule has 0 N–H and O–H groups in total. The number of pyridine rings is 1. The summed E-state index contributed by atoms with van der Waals surface area (Å²) >= 11 is 13.7. The van der Waals surface area contributed by atoms with Gasteiger partial charge in [-0.25, -0.2) is 0 Å². The lowest BCUT2D eigenvalue weighted by Gasteiger charge is -2.42. The van der Waals surface area contributed by atoms with Gasteiger partial charge in [0.25, 0.3) is 5.91 Å². The summed E-state index contributed by atoms with van der Waals surface area (Å²) < 4.78 is 4.48. The Kier molecular flexibility index (Phi) is 6.03. The fraction of sp³-hybridized carbons (Fsp3) is 0.286. The topological polar surface area (TPSA) is 66.0 Å². The Hall–Kier alpha value is -2.98. The van der Waals surface area contributed by atoms with Crippen molar-refractivity contribution in [1.82, 2.24) is 14.8 Å².